The lowest BCUT2D eigenvalue weighted by atomic mass is 9.85. The normalized spacial score (nSPS) is 16.0. The molecule has 0 aliphatic rings. The van der Waals surface area contributed by atoms with E-state index in [0.29, 0.717) is 24.5 Å². The Kier molecular flexibility index (Phi) is 11.2. The number of nitrogens with zero attached hydrogens (tertiary/aromatic N) is 2. The van der Waals surface area contributed by atoms with Crippen LogP contribution >= 0.6 is 0 Å². The van der Waals surface area contributed by atoms with Gasteiger partial charge in [-0.05, 0) is 95.9 Å². The van der Waals surface area contributed by atoms with E-state index in [2.05, 4.69) is 57.0 Å². The van der Waals surface area contributed by atoms with Crippen molar-refractivity contribution in [3.05, 3.63) is 72.3 Å². The predicted molar refractivity (Wildman–Crippen MR) is 217 cm³/mol. The summed E-state index contributed by atoms with van der Waals surface area (Å²) in [7, 11) is 0. The van der Waals surface area contributed by atoms with Crippen molar-refractivity contribution in [1.29, 1.82) is 0 Å². The van der Waals surface area contributed by atoms with Gasteiger partial charge < -0.3 is 30.8 Å². The highest BCUT2D eigenvalue weighted by Crippen LogP contribution is 2.36. The van der Waals surface area contributed by atoms with Gasteiger partial charge in [0.2, 0.25) is 0 Å². The molecule has 0 spiro atoms. The third kappa shape index (κ3) is 9.21. The molecule has 10 nitrogen and oxygen atoms in total. The number of nitrogens with one attached hydrogen (secondary N) is 4. The number of carbonyl (C=O) groups is 2. The molecule has 10 heteroatoms. The van der Waals surface area contributed by atoms with Gasteiger partial charge in [-0.25, -0.2) is 9.97 Å². The van der Waals surface area contributed by atoms with Crippen LogP contribution in [0.1, 0.15) is 120 Å². The van der Waals surface area contributed by atoms with E-state index in [-0.39, 0.29) is 22.7 Å². The van der Waals surface area contributed by atoms with Gasteiger partial charge in [-0.1, -0.05) is 106 Å². The molecule has 3 aromatic carbocycles. The van der Waals surface area contributed by atoms with E-state index < -0.39 is 35.1 Å². The second kappa shape index (κ2) is 14.9. The van der Waals surface area contributed by atoms with Crippen LogP contribution in [0.2, 0.25) is 0 Å². The molecule has 0 fully saturated rings. The van der Waals surface area contributed by atoms with Gasteiger partial charge in [-0.15, -0.1) is 0 Å². The SMILES string of the molecule is CC(C)CC(C)(O)C(=O)N[C@H](c1nc2cc(-c3ccc(-c4ccc5[nH]c([C@@H](NC(=O)C(C)(O)CC(C)C)C(C)(C)C)nc5c4)cc3)ccc2[nH]1)C(C)(C)C. The van der Waals surface area contributed by atoms with E-state index >= 15 is 0 Å². The van der Waals surface area contributed by atoms with Gasteiger partial charge in [-0.3, -0.25) is 9.59 Å². The van der Waals surface area contributed by atoms with Crippen molar-refractivity contribution in [2.75, 3.05) is 0 Å². The number of amides is 2. The lowest BCUT2D eigenvalue weighted by molar-refractivity contribution is -0.141. The Labute approximate surface area is 320 Å². The number of fused-ring (bicyclic) bond motifs is 2. The van der Waals surface area contributed by atoms with Crippen LogP contribution in [-0.2, 0) is 9.59 Å². The second-order valence-corrected chi connectivity index (χ2v) is 18.6. The summed E-state index contributed by atoms with van der Waals surface area (Å²) in [4.78, 5) is 43.1. The van der Waals surface area contributed by atoms with Gasteiger partial charge in [0.15, 0.2) is 0 Å². The molecule has 0 bridgehead atoms. The molecular formula is C44H60N6O4. The molecule has 4 atom stereocenters. The number of carbonyl (C=O) groups excluding carboxylic acids is 2. The summed E-state index contributed by atoms with van der Waals surface area (Å²) in [6, 6.07) is 19.7. The van der Waals surface area contributed by atoms with Crippen LogP contribution in [0, 0.1) is 22.7 Å². The first kappa shape index (κ1) is 40.6. The minimum Gasteiger partial charge on any atom is -0.380 e. The highest BCUT2D eigenvalue weighted by molar-refractivity contribution is 5.87. The number of aromatic amines is 2. The van der Waals surface area contributed by atoms with E-state index in [1.807, 2.05) is 93.5 Å². The predicted octanol–water partition coefficient (Wildman–Crippen LogP) is 8.77. The van der Waals surface area contributed by atoms with E-state index in [4.69, 9.17) is 9.97 Å². The van der Waals surface area contributed by atoms with Crippen LogP contribution in [0.5, 0.6) is 0 Å². The molecular weight excluding hydrogens is 677 g/mol. The lowest BCUT2D eigenvalue weighted by Crippen LogP contribution is -2.49. The summed E-state index contributed by atoms with van der Waals surface area (Å²) >= 11 is 0. The molecule has 0 aliphatic heterocycles. The van der Waals surface area contributed by atoms with E-state index in [0.717, 1.165) is 44.3 Å². The van der Waals surface area contributed by atoms with E-state index in [9.17, 15) is 19.8 Å². The average Bonchev–Trinajstić information content (AvgIpc) is 3.66. The number of benzene rings is 3. The quantitative estimate of drug-likeness (QED) is 0.0752. The van der Waals surface area contributed by atoms with Crippen LogP contribution < -0.4 is 10.6 Å². The van der Waals surface area contributed by atoms with Crippen LogP contribution in [0.3, 0.4) is 0 Å². The van der Waals surface area contributed by atoms with Crippen molar-refractivity contribution in [1.82, 2.24) is 30.6 Å². The molecule has 0 aliphatic carbocycles. The minimum absolute atomic E-state index is 0.166. The maximum atomic E-state index is 13.2. The maximum Gasteiger partial charge on any atom is 0.252 e. The molecule has 2 heterocycles. The molecule has 0 saturated heterocycles. The van der Waals surface area contributed by atoms with Crippen molar-refractivity contribution < 1.29 is 19.8 Å². The first-order valence-electron chi connectivity index (χ1n) is 19.1. The largest absolute Gasteiger partial charge is 0.380 e. The fourth-order valence-corrected chi connectivity index (χ4v) is 7.28. The van der Waals surface area contributed by atoms with Crippen LogP contribution in [0.25, 0.3) is 44.3 Å². The Morgan fingerprint density at radius 3 is 1.19 bits per heavy atom. The second-order valence-electron chi connectivity index (χ2n) is 18.6. The Hall–Kier alpha value is -4.54. The van der Waals surface area contributed by atoms with Gasteiger partial charge in [-0.2, -0.15) is 0 Å². The number of imidazole rings is 2. The van der Waals surface area contributed by atoms with Gasteiger partial charge in [0.1, 0.15) is 22.9 Å². The molecule has 2 aromatic heterocycles. The number of hydrogen-bond acceptors (Lipinski definition) is 6. The smallest absolute Gasteiger partial charge is 0.252 e. The third-order valence-electron chi connectivity index (χ3n) is 9.97. The van der Waals surface area contributed by atoms with Gasteiger partial charge >= 0.3 is 0 Å². The van der Waals surface area contributed by atoms with Crippen molar-refractivity contribution in [3.63, 3.8) is 0 Å². The fourth-order valence-electron chi connectivity index (χ4n) is 7.28. The highest BCUT2D eigenvalue weighted by Gasteiger charge is 2.39. The van der Waals surface area contributed by atoms with Gasteiger partial charge in [0.25, 0.3) is 11.8 Å². The zero-order valence-corrected chi connectivity index (χ0v) is 34.1. The molecule has 54 heavy (non-hydrogen) atoms. The first-order chi connectivity index (χ1) is 24.9. The Bertz CT molecular complexity index is 1960. The molecule has 2 unspecified atom stereocenters. The summed E-state index contributed by atoms with van der Waals surface area (Å²) < 4.78 is 0. The lowest BCUT2D eigenvalue weighted by Gasteiger charge is -2.33. The molecule has 2 amide bonds. The number of aromatic nitrogens is 4. The van der Waals surface area contributed by atoms with Gasteiger partial charge in [0.05, 0.1) is 34.2 Å². The van der Waals surface area contributed by atoms with Crippen molar-refractivity contribution in [3.8, 4) is 22.3 Å². The number of rotatable bonds is 12. The van der Waals surface area contributed by atoms with E-state index in [1.165, 1.54) is 0 Å². The summed E-state index contributed by atoms with van der Waals surface area (Å²) in [5.41, 5.74) is 3.71. The zero-order chi connectivity index (χ0) is 40.0. The molecule has 0 radical (unpaired) electrons. The molecule has 0 saturated carbocycles. The van der Waals surface area contributed by atoms with Crippen molar-refractivity contribution >= 4 is 33.9 Å². The average molecular weight is 737 g/mol. The van der Waals surface area contributed by atoms with Crippen LogP contribution in [0.15, 0.2) is 60.7 Å². The molecule has 5 rings (SSSR count). The van der Waals surface area contributed by atoms with Crippen LogP contribution in [-0.4, -0.2) is 53.2 Å². The molecule has 290 valence electrons. The van der Waals surface area contributed by atoms with Crippen molar-refractivity contribution in [2.45, 2.75) is 119 Å². The Morgan fingerprint density at radius 1 is 0.574 bits per heavy atom. The maximum absolute atomic E-state index is 13.2. The molecule has 6 N–H and O–H groups in total. The number of aliphatic hydroxyl groups is 2. The minimum atomic E-state index is -1.49. The van der Waals surface area contributed by atoms with Crippen molar-refractivity contribution in [2.24, 2.45) is 22.7 Å². The fraction of sp³-hybridized carbons (Fsp3) is 0.500. The number of hydrogen-bond donors (Lipinski definition) is 6. The van der Waals surface area contributed by atoms with Crippen LogP contribution in [0.4, 0.5) is 0 Å². The summed E-state index contributed by atoms with van der Waals surface area (Å²) in [6.45, 7) is 23.3. The Morgan fingerprint density at radius 2 is 0.889 bits per heavy atom. The third-order valence-corrected chi connectivity index (χ3v) is 9.97. The monoisotopic (exact) mass is 736 g/mol. The topological polar surface area (TPSA) is 156 Å². The highest BCUT2D eigenvalue weighted by atomic mass is 16.3. The number of H-pyrrole nitrogens is 2. The first-order valence-corrected chi connectivity index (χ1v) is 19.1. The Balaban J connectivity index is 1.37. The summed E-state index contributed by atoms with van der Waals surface area (Å²) in [5.74, 6) is 0.803. The standard InChI is InChI=1S/C44H60N6O4/c1-25(2)23-43(11,53)39(51)49-35(41(5,6)7)37-45-31-19-17-29(21-33(31)47-37)27-13-15-28(16-14-27)30-18-20-32-34(22-30)48-38(46-32)36(42(8,9)10)50-40(52)44(12,54)24-26(3)4/h13-22,25-26,35-36,53-54H,23-24H2,1-12H3,(H,45,47)(H,46,48)(H,49,51)(H,50,52)/t35-,36-,43?,44?/m1/s1. The summed E-state index contributed by atoms with van der Waals surface area (Å²) in [6.07, 6.45) is 0.722. The van der Waals surface area contributed by atoms with E-state index in [1.54, 1.807) is 13.8 Å². The molecule has 5 aromatic rings. The zero-order valence-electron chi connectivity index (χ0n) is 34.1. The van der Waals surface area contributed by atoms with Gasteiger partial charge in [0, 0.05) is 0 Å². The summed E-state index contributed by atoms with van der Waals surface area (Å²) in [5, 5.41) is 28.0.